The SMILES string of the molecule is CC(Cc1cccs1)NCc1cccc2c1OCCCO2. The summed E-state index contributed by atoms with van der Waals surface area (Å²) in [5.74, 6) is 1.78. The maximum atomic E-state index is 5.85. The van der Waals surface area contributed by atoms with Gasteiger partial charge in [0.25, 0.3) is 0 Å². The molecule has 0 fully saturated rings. The van der Waals surface area contributed by atoms with Crippen LogP contribution >= 0.6 is 11.3 Å². The van der Waals surface area contributed by atoms with Gasteiger partial charge < -0.3 is 14.8 Å². The molecule has 0 spiro atoms. The molecule has 0 saturated heterocycles. The topological polar surface area (TPSA) is 30.5 Å². The van der Waals surface area contributed by atoms with E-state index in [0.717, 1.165) is 44.1 Å². The molecule has 3 nitrogen and oxygen atoms in total. The number of nitrogens with one attached hydrogen (secondary N) is 1. The standard InChI is InChI=1S/C17H21NO2S/c1-13(11-15-6-3-10-21-15)18-12-14-5-2-7-16-17(14)20-9-4-8-19-16/h2-3,5-7,10,13,18H,4,8-9,11-12H2,1H3. The van der Waals surface area contributed by atoms with Gasteiger partial charge in [-0.2, -0.15) is 0 Å². The third-order valence-corrected chi connectivity index (χ3v) is 4.48. The number of hydrogen-bond donors (Lipinski definition) is 1. The Kier molecular flexibility index (Phi) is 4.78. The molecule has 2 aromatic rings. The van der Waals surface area contributed by atoms with E-state index in [1.807, 2.05) is 23.5 Å². The highest BCUT2D eigenvalue weighted by atomic mass is 32.1. The maximum Gasteiger partial charge on any atom is 0.165 e. The smallest absolute Gasteiger partial charge is 0.165 e. The summed E-state index contributed by atoms with van der Waals surface area (Å²) in [5.41, 5.74) is 1.17. The van der Waals surface area contributed by atoms with E-state index in [9.17, 15) is 0 Å². The fourth-order valence-corrected chi connectivity index (χ4v) is 3.32. The molecule has 1 atom stereocenters. The van der Waals surface area contributed by atoms with Gasteiger partial charge in [-0.05, 0) is 30.9 Å². The van der Waals surface area contributed by atoms with Gasteiger partial charge in [0, 0.05) is 29.4 Å². The molecule has 0 aliphatic carbocycles. The normalized spacial score (nSPS) is 15.5. The summed E-state index contributed by atoms with van der Waals surface area (Å²) in [5, 5.41) is 5.71. The number of ether oxygens (including phenoxy) is 2. The second-order valence-electron chi connectivity index (χ2n) is 5.36. The van der Waals surface area contributed by atoms with Crippen LogP contribution < -0.4 is 14.8 Å². The molecule has 4 heteroatoms. The Morgan fingerprint density at radius 2 is 2.10 bits per heavy atom. The van der Waals surface area contributed by atoms with E-state index in [1.165, 1.54) is 10.4 Å². The van der Waals surface area contributed by atoms with Gasteiger partial charge >= 0.3 is 0 Å². The lowest BCUT2D eigenvalue weighted by molar-refractivity contribution is 0.295. The molecule has 21 heavy (non-hydrogen) atoms. The van der Waals surface area contributed by atoms with Crippen LogP contribution in [0, 0.1) is 0 Å². The van der Waals surface area contributed by atoms with Crippen molar-refractivity contribution in [2.45, 2.75) is 32.4 Å². The van der Waals surface area contributed by atoms with Crippen LogP contribution in [0.25, 0.3) is 0 Å². The number of fused-ring (bicyclic) bond motifs is 1. The molecule has 1 aromatic heterocycles. The number of benzene rings is 1. The first-order chi connectivity index (χ1) is 10.3. The average molecular weight is 303 g/mol. The van der Waals surface area contributed by atoms with E-state index in [-0.39, 0.29) is 0 Å². The molecule has 2 heterocycles. The van der Waals surface area contributed by atoms with Gasteiger partial charge in [0.2, 0.25) is 0 Å². The molecule has 1 aromatic carbocycles. The van der Waals surface area contributed by atoms with Crippen molar-refractivity contribution in [3.63, 3.8) is 0 Å². The average Bonchev–Trinajstić information content (AvgIpc) is 2.87. The van der Waals surface area contributed by atoms with Gasteiger partial charge in [0.1, 0.15) is 0 Å². The van der Waals surface area contributed by atoms with Crippen LogP contribution in [-0.4, -0.2) is 19.3 Å². The fraction of sp³-hybridized carbons (Fsp3) is 0.412. The fourth-order valence-electron chi connectivity index (χ4n) is 2.48. The third kappa shape index (κ3) is 3.77. The van der Waals surface area contributed by atoms with Crippen molar-refractivity contribution in [3.05, 3.63) is 46.2 Å². The first kappa shape index (κ1) is 14.4. The van der Waals surface area contributed by atoms with Crippen molar-refractivity contribution in [3.8, 4) is 11.5 Å². The molecule has 1 aliphatic rings. The molecule has 112 valence electrons. The van der Waals surface area contributed by atoms with E-state index in [1.54, 1.807) is 0 Å². The predicted molar refractivity (Wildman–Crippen MR) is 86.4 cm³/mol. The summed E-state index contributed by atoms with van der Waals surface area (Å²) >= 11 is 1.81. The lowest BCUT2D eigenvalue weighted by Crippen LogP contribution is -2.27. The van der Waals surface area contributed by atoms with Gasteiger partial charge in [0.05, 0.1) is 13.2 Å². The lowest BCUT2D eigenvalue weighted by Gasteiger charge is -2.16. The molecule has 1 unspecified atom stereocenters. The molecule has 0 radical (unpaired) electrons. The zero-order valence-electron chi connectivity index (χ0n) is 12.3. The van der Waals surface area contributed by atoms with E-state index < -0.39 is 0 Å². The maximum absolute atomic E-state index is 5.85. The molecular weight excluding hydrogens is 282 g/mol. The molecule has 0 saturated carbocycles. The van der Waals surface area contributed by atoms with Crippen LogP contribution in [-0.2, 0) is 13.0 Å². The summed E-state index contributed by atoms with van der Waals surface area (Å²) in [6, 6.07) is 10.9. The highest BCUT2D eigenvalue weighted by Gasteiger charge is 2.14. The number of para-hydroxylation sites is 1. The Hall–Kier alpha value is -1.52. The Morgan fingerprint density at radius 1 is 1.19 bits per heavy atom. The second kappa shape index (κ2) is 6.96. The van der Waals surface area contributed by atoms with Crippen LogP contribution in [0.2, 0.25) is 0 Å². The summed E-state index contributed by atoms with van der Waals surface area (Å²) < 4.78 is 11.6. The van der Waals surface area contributed by atoms with E-state index in [4.69, 9.17) is 9.47 Å². The first-order valence-electron chi connectivity index (χ1n) is 7.46. The number of hydrogen-bond acceptors (Lipinski definition) is 4. The van der Waals surface area contributed by atoms with Gasteiger partial charge in [-0.25, -0.2) is 0 Å². The van der Waals surface area contributed by atoms with Gasteiger partial charge in [0.15, 0.2) is 11.5 Å². The predicted octanol–water partition coefficient (Wildman–Crippen LogP) is 3.63. The molecule has 1 aliphatic heterocycles. The van der Waals surface area contributed by atoms with Crippen molar-refractivity contribution < 1.29 is 9.47 Å². The minimum absolute atomic E-state index is 0.436. The quantitative estimate of drug-likeness (QED) is 0.915. The molecule has 1 N–H and O–H groups in total. The minimum atomic E-state index is 0.436. The molecule has 0 amide bonds. The van der Waals surface area contributed by atoms with Gasteiger partial charge in [-0.15, -0.1) is 11.3 Å². The van der Waals surface area contributed by atoms with Crippen molar-refractivity contribution in [2.75, 3.05) is 13.2 Å². The number of thiophene rings is 1. The molecule has 3 rings (SSSR count). The Bertz CT molecular complexity index is 568. The second-order valence-corrected chi connectivity index (χ2v) is 6.39. The van der Waals surface area contributed by atoms with Crippen LogP contribution in [0.1, 0.15) is 23.8 Å². The minimum Gasteiger partial charge on any atom is -0.490 e. The van der Waals surface area contributed by atoms with Crippen LogP contribution in [0.5, 0.6) is 11.5 Å². The Labute approximate surface area is 129 Å². The lowest BCUT2D eigenvalue weighted by atomic mass is 10.1. The largest absolute Gasteiger partial charge is 0.490 e. The molecular formula is C17H21NO2S. The van der Waals surface area contributed by atoms with E-state index >= 15 is 0 Å². The monoisotopic (exact) mass is 303 g/mol. The summed E-state index contributed by atoms with van der Waals surface area (Å²) in [7, 11) is 0. The van der Waals surface area contributed by atoms with Crippen molar-refractivity contribution in [1.29, 1.82) is 0 Å². The summed E-state index contributed by atoms with van der Waals surface area (Å²) in [6.07, 6.45) is 2.00. The highest BCUT2D eigenvalue weighted by molar-refractivity contribution is 7.09. The zero-order valence-corrected chi connectivity index (χ0v) is 13.1. The van der Waals surface area contributed by atoms with Crippen molar-refractivity contribution in [1.82, 2.24) is 5.32 Å². The molecule has 0 bridgehead atoms. The number of rotatable bonds is 5. The van der Waals surface area contributed by atoms with Gasteiger partial charge in [-0.3, -0.25) is 0 Å². The summed E-state index contributed by atoms with van der Waals surface area (Å²) in [4.78, 5) is 1.42. The van der Waals surface area contributed by atoms with Gasteiger partial charge in [-0.1, -0.05) is 18.2 Å². The van der Waals surface area contributed by atoms with Crippen LogP contribution in [0.15, 0.2) is 35.7 Å². The van der Waals surface area contributed by atoms with Crippen molar-refractivity contribution in [2.24, 2.45) is 0 Å². The third-order valence-electron chi connectivity index (χ3n) is 3.58. The van der Waals surface area contributed by atoms with Crippen molar-refractivity contribution >= 4 is 11.3 Å². The van der Waals surface area contributed by atoms with Crippen LogP contribution in [0.4, 0.5) is 0 Å². The van der Waals surface area contributed by atoms with Crippen LogP contribution in [0.3, 0.4) is 0 Å². The van der Waals surface area contributed by atoms with E-state index in [2.05, 4.69) is 35.8 Å². The zero-order chi connectivity index (χ0) is 14.5. The Morgan fingerprint density at radius 3 is 2.95 bits per heavy atom. The first-order valence-corrected chi connectivity index (χ1v) is 8.34. The van der Waals surface area contributed by atoms with E-state index in [0.29, 0.717) is 6.04 Å². The summed E-state index contributed by atoms with van der Waals surface area (Å²) in [6.45, 7) is 4.49. The highest BCUT2D eigenvalue weighted by Crippen LogP contribution is 2.33. The Balaban J connectivity index is 1.62.